The van der Waals surface area contributed by atoms with Gasteiger partial charge in [0.05, 0.1) is 4.92 Å². The third-order valence-corrected chi connectivity index (χ3v) is 4.17. The number of halogens is 1. The molecule has 1 fully saturated rings. The summed E-state index contributed by atoms with van der Waals surface area (Å²) in [7, 11) is 0. The molecule has 1 aliphatic rings. The van der Waals surface area contributed by atoms with Gasteiger partial charge in [0.1, 0.15) is 17.5 Å². The summed E-state index contributed by atoms with van der Waals surface area (Å²) in [4.78, 5) is 49.2. The van der Waals surface area contributed by atoms with Gasteiger partial charge in [-0.05, 0) is 46.1 Å². The third-order valence-electron chi connectivity index (χ3n) is 4.17. The summed E-state index contributed by atoms with van der Waals surface area (Å²) in [5.41, 5.74) is -2.28. The lowest BCUT2D eigenvalue weighted by molar-refractivity contribution is -0.385. The molecule has 1 aromatic rings. The second-order valence-electron chi connectivity index (χ2n) is 7.74. The Hall–Kier alpha value is -3.04. The van der Waals surface area contributed by atoms with Crippen LogP contribution in [0.15, 0.2) is 18.2 Å². The van der Waals surface area contributed by atoms with E-state index in [-0.39, 0.29) is 6.42 Å². The number of nitrogens with one attached hydrogen (secondary N) is 1. The Kier molecular flexibility index (Phi) is 6.55. The fraction of sp³-hybridized carbons (Fsp3) is 0.526. The van der Waals surface area contributed by atoms with Crippen LogP contribution >= 0.6 is 0 Å². The lowest BCUT2D eigenvalue weighted by Gasteiger charge is -2.27. The Morgan fingerprint density at radius 2 is 1.97 bits per heavy atom. The van der Waals surface area contributed by atoms with Crippen LogP contribution in [0.2, 0.25) is 0 Å². The SMILES string of the molecule is CC[C@H](NC(=O)OC(C)(C)C)C(=O)N(C(=O)c1c(F)cccc1[N+](=O)[O-])C1CC1. The summed E-state index contributed by atoms with van der Waals surface area (Å²) in [5, 5.41) is 13.6. The molecule has 0 saturated heterocycles. The zero-order valence-corrected chi connectivity index (χ0v) is 16.7. The summed E-state index contributed by atoms with van der Waals surface area (Å²) in [6, 6.07) is 1.45. The molecule has 9 nitrogen and oxygen atoms in total. The van der Waals surface area contributed by atoms with Crippen molar-refractivity contribution in [3.8, 4) is 0 Å². The van der Waals surface area contributed by atoms with Gasteiger partial charge in [-0.2, -0.15) is 0 Å². The molecular formula is C19H24FN3O6. The first-order chi connectivity index (χ1) is 13.5. The zero-order valence-electron chi connectivity index (χ0n) is 16.7. The van der Waals surface area contributed by atoms with Crippen molar-refractivity contribution in [2.24, 2.45) is 0 Å². The minimum Gasteiger partial charge on any atom is -0.444 e. The van der Waals surface area contributed by atoms with E-state index in [4.69, 9.17) is 4.74 Å². The topological polar surface area (TPSA) is 119 Å². The van der Waals surface area contributed by atoms with E-state index in [1.54, 1.807) is 27.7 Å². The van der Waals surface area contributed by atoms with E-state index in [1.165, 1.54) is 0 Å². The zero-order chi connectivity index (χ0) is 21.9. The van der Waals surface area contributed by atoms with Gasteiger partial charge in [0, 0.05) is 12.1 Å². The molecule has 0 radical (unpaired) electrons. The van der Waals surface area contributed by atoms with Crippen LogP contribution in [0, 0.1) is 15.9 Å². The lowest BCUT2D eigenvalue weighted by Crippen LogP contribution is -2.52. The van der Waals surface area contributed by atoms with Crippen LogP contribution in [-0.4, -0.2) is 45.4 Å². The number of benzene rings is 1. The van der Waals surface area contributed by atoms with E-state index in [0.29, 0.717) is 12.8 Å². The fourth-order valence-electron chi connectivity index (χ4n) is 2.73. The number of hydrogen-bond donors (Lipinski definition) is 1. The second kappa shape index (κ2) is 8.54. The van der Waals surface area contributed by atoms with E-state index in [9.17, 15) is 28.9 Å². The van der Waals surface area contributed by atoms with E-state index in [2.05, 4.69) is 5.32 Å². The largest absolute Gasteiger partial charge is 0.444 e. The van der Waals surface area contributed by atoms with Gasteiger partial charge in [0.2, 0.25) is 0 Å². The van der Waals surface area contributed by atoms with Gasteiger partial charge in [-0.15, -0.1) is 0 Å². The van der Waals surface area contributed by atoms with Gasteiger partial charge in [-0.3, -0.25) is 24.6 Å². The Bertz CT molecular complexity index is 832. The molecule has 2 rings (SSSR count). The van der Waals surface area contributed by atoms with E-state index in [1.807, 2.05) is 0 Å². The van der Waals surface area contributed by atoms with Crippen molar-refractivity contribution in [1.29, 1.82) is 0 Å². The van der Waals surface area contributed by atoms with Gasteiger partial charge < -0.3 is 10.1 Å². The molecule has 29 heavy (non-hydrogen) atoms. The number of carbonyl (C=O) groups excluding carboxylic acids is 3. The molecule has 1 aromatic carbocycles. The van der Waals surface area contributed by atoms with Crippen LogP contribution < -0.4 is 5.32 Å². The molecule has 0 spiro atoms. The Morgan fingerprint density at radius 3 is 2.45 bits per heavy atom. The van der Waals surface area contributed by atoms with Crippen LogP contribution in [-0.2, 0) is 9.53 Å². The molecule has 158 valence electrons. The number of nitro benzene ring substituents is 1. The van der Waals surface area contributed by atoms with E-state index < -0.39 is 57.6 Å². The quantitative estimate of drug-likeness (QED) is 0.569. The van der Waals surface area contributed by atoms with Crippen LogP contribution in [0.1, 0.15) is 57.3 Å². The first-order valence-corrected chi connectivity index (χ1v) is 9.26. The highest BCUT2D eigenvalue weighted by molar-refractivity contribution is 6.09. The highest BCUT2D eigenvalue weighted by atomic mass is 19.1. The van der Waals surface area contributed by atoms with Gasteiger partial charge in [0.25, 0.3) is 17.5 Å². The Labute approximate surface area is 167 Å². The predicted octanol–water partition coefficient (Wildman–Crippen LogP) is 3.17. The number of imide groups is 1. The molecule has 0 aliphatic heterocycles. The first kappa shape index (κ1) is 22.3. The maximum absolute atomic E-state index is 14.3. The number of nitrogens with zero attached hydrogens (tertiary/aromatic N) is 2. The maximum Gasteiger partial charge on any atom is 0.408 e. The lowest BCUT2D eigenvalue weighted by atomic mass is 10.1. The molecular weight excluding hydrogens is 385 g/mol. The van der Waals surface area contributed by atoms with Gasteiger partial charge in [-0.25, -0.2) is 9.18 Å². The molecule has 0 bridgehead atoms. The molecule has 1 atom stereocenters. The molecule has 1 N–H and O–H groups in total. The number of nitro groups is 1. The fourth-order valence-corrected chi connectivity index (χ4v) is 2.73. The molecule has 1 aliphatic carbocycles. The minimum atomic E-state index is -1.10. The Morgan fingerprint density at radius 1 is 1.34 bits per heavy atom. The first-order valence-electron chi connectivity index (χ1n) is 9.26. The highest BCUT2D eigenvalue weighted by Crippen LogP contribution is 2.32. The van der Waals surface area contributed by atoms with Gasteiger partial charge >= 0.3 is 6.09 Å². The summed E-state index contributed by atoms with van der Waals surface area (Å²) in [6.45, 7) is 6.60. The summed E-state index contributed by atoms with van der Waals surface area (Å²) in [5.74, 6) is -2.94. The van der Waals surface area contributed by atoms with E-state index >= 15 is 0 Å². The van der Waals surface area contributed by atoms with E-state index in [0.717, 1.165) is 23.1 Å². The van der Waals surface area contributed by atoms with Crippen molar-refractivity contribution in [2.45, 2.75) is 64.6 Å². The number of alkyl carbamates (subject to hydrolysis) is 1. The van der Waals surface area contributed by atoms with Crippen LogP contribution in [0.5, 0.6) is 0 Å². The maximum atomic E-state index is 14.3. The summed E-state index contributed by atoms with van der Waals surface area (Å²) >= 11 is 0. The molecule has 0 heterocycles. The molecule has 3 amide bonds. The van der Waals surface area contributed by atoms with Crippen molar-refractivity contribution >= 4 is 23.6 Å². The van der Waals surface area contributed by atoms with Crippen LogP contribution in [0.3, 0.4) is 0 Å². The number of ether oxygens (including phenoxy) is 1. The number of carbonyl (C=O) groups is 3. The summed E-state index contributed by atoms with van der Waals surface area (Å²) in [6.07, 6.45) is 0.317. The average Bonchev–Trinajstić information content (AvgIpc) is 3.42. The molecule has 1 saturated carbocycles. The predicted molar refractivity (Wildman–Crippen MR) is 101 cm³/mol. The van der Waals surface area contributed by atoms with Crippen molar-refractivity contribution < 1.29 is 28.4 Å². The van der Waals surface area contributed by atoms with Gasteiger partial charge in [0.15, 0.2) is 5.56 Å². The highest BCUT2D eigenvalue weighted by Gasteiger charge is 2.43. The van der Waals surface area contributed by atoms with Crippen LogP contribution in [0.4, 0.5) is 14.9 Å². The molecule has 0 aromatic heterocycles. The van der Waals surface area contributed by atoms with Gasteiger partial charge in [-0.1, -0.05) is 13.0 Å². The molecule has 10 heteroatoms. The summed E-state index contributed by atoms with van der Waals surface area (Å²) < 4.78 is 19.4. The Balaban J connectivity index is 2.32. The molecule has 0 unspecified atom stereocenters. The van der Waals surface area contributed by atoms with Crippen molar-refractivity contribution in [1.82, 2.24) is 10.2 Å². The van der Waals surface area contributed by atoms with Crippen molar-refractivity contribution in [3.05, 3.63) is 39.7 Å². The van der Waals surface area contributed by atoms with Crippen molar-refractivity contribution in [3.63, 3.8) is 0 Å². The third kappa shape index (κ3) is 5.49. The number of amides is 3. The second-order valence-corrected chi connectivity index (χ2v) is 7.74. The standard InChI is InChI=1S/C19H24FN3O6/c1-5-13(21-18(26)29-19(2,3)4)16(24)22(11-9-10-11)17(25)15-12(20)7-6-8-14(15)23(27)28/h6-8,11,13H,5,9-10H2,1-4H3,(H,21,26)/t13-/m0/s1. The smallest absolute Gasteiger partial charge is 0.408 e. The minimum absolute atomic E-state index is 0.147. The monoisotopic (exact) mass is 409 g/mol. The average molecular weight is 409 g/mol. The van der Waals surface area contributed by atoms with Crippen LogP contribution in [0.25, 0.3) is 0 Å². The number of rotatable bonds is 6. The number of hydrogen-bond acceptors (Lipinski definition) is 6. The normalized spacial score (nSPS) is 14.7. The van der Waals surface area contributed by atoms with Crippen molar-refractivity contribution in [2.75, 3.05) is 0 Å².